The first kappa shape index (κ1) is 21.4. The van der Waals surface area contributed by atoms with Crippen LogP contribution in [0, 0.1) is 17.2 Å². The summed E-state index contributed by atoms with van der Waals surface area (Å²) in [4.78, 5) is 6.81. The van der Waals surface area contributed by atoms with Crippen LogP contribution in [0.3, 0.4) is 0 Å². The number of aliphatic imine (C=N–C) groups is 1. The Morgan fingerprint density at radius 1 is 1.38 bits per heavy atom. The lowest BCUT2D eigenvalue weighted by Gasteiger charge is -2.35. The van der Waals surface area contributed by atoms with Crippen molar-refractivity contribution in [1.29, 1.82) is 5.26 Å². The van der Waals surface area contributed by atoms with Crippen molar-refractivity contribution >= 4 is 11.6 Å². The quantitative estimate of drug-likeness (QED) is 0.434. The Morgan fingerprint density at radius 2 is 2.21 bits per heavy atom. The Balaban J connectivity index is 1.52. The van der Waals surface area contributed by atoms with Crippen LogP contribution in [-0.4, -0.2) is 62.6 Å². The van der Waals surface area contributed by atoms with E-state index < -0.39 is 6.10 Å². The van der Waals surface area contributed by atoms with Crippen molar-refractivity contribution in [2.75, 3.05) is 44.3 Å². The fourth-order valence-electron chi connectivity index (χ4n) is 3.58. The molecule has 1 aromatic carbocycles. The third-order valence-electron chi connectivity index (χ3n) is 5.29. The van der Waals surface area contributed by atoms with Crippen molar-refractivity contribution in [3.63, 3.8) is 0 Å². The minimum atomic E-state index is -0.588. The van der Waals surface area contributed by atoms with E-state index in [2.05, 4.69) is 26.6 Å². The third-order valence-corrected chi connectivity index (χ3v) is 5.29. The third kappa shape index (κ3) is 6.91. The van der Waals surface area contributed by atoms with E-state index >= 15 is 0 Å². The number of aliphatic hydroxyl groups is 1. The fraction of sp³-hybridized carbons (Fsp3) is 0.636. The van der Waals surface area contributed by atoms with Crippen molar-refractivity contribution < 1.29 is 9.84 Å². The molecule has 1 aliphatic heterocycles. The number of hydrogen-bond acceptors (Lipinski definition) is 5. The molecule has 2 fully saturated rings. The number of hydrogen-bond donors (Lipinski definition) is 3. The topological polar surface area (TPSA) is 92.9 Å². The van der Waals surface area contributed by atoms with Crippen LogP contribution in [-0.2, 0) is 4.74 Å². The highest BCUT2D eigenvalue weighted by Crippen LogP contribution is 2.28. The zero-order valence-electron chi connectivity index (χ0n) is 17.3. The van der Waals surface area contributed by atoms with Crippen molar-refractivity contribution in [3.8, 4) is 6.07 Å². The van der Waals surface area contributed by atoms with E-state index in [9.17, 15) is 10.4 Å². The molecular weight excluding hydrogens is 366 g/mol. The minimum absolute atomic E-state index is 0.233. The molecule has 7 heteroatoms. The van der Waals surface area contributed by atoms with Crippen LogP contribution >= 0.6 is 0 Å². The standard InChI is InChI=1S/C22H33N5O2/c1-2-24-22(25-13-20(28)16-29-15-17-9-10-17)26-19-7-5-11-27(14-19)21-8-4-3-6-18(21)12-23/h3-4,6,8,17,19-20,28H,2,5,7,9-11,13-16H2,1H3,(H2,24,25,26). The molecule has 3 rings (SSSR count). The number of nitrogens with zero attached hydrogens (tertiary/aromatic N) is 3. The summed E-state index contributed by atoms with van der Waals surface area (Å²) in [7, 11) is 0. The van der Waals surface area contributed by atoms with Crippen molar-refractivity contribution in [2.45, 2.75) is 44.8 Å². The first-order valence-corrected chi connectivity index (χ1v) is 10.7. The molecule has 158 valence electrons. The molecule has 0 aromatic heterocycles. The highest BCUT2D eigenvalue weighted by molar-refractivity contribution is 5.80. The lowest BCUT2D eigenvalue weighted by atomic mass is 10.0. The molecule has 2 unspecified atom stereocenters. The zero-order chi connectivity index (χ0) is 20.5. The maximum Gasteiger partial charge on any atom is 0.191 e. The number of para-hydroxylation sites is 1. The monoisotopic (exact) mass is 399 g/mol. The zero-order valence-corrected chi connectivity index (χ0v) is 17.3. The van der Waals surface area contributed by atoms with Gasteiger partial charge in [0, 0.05) is 32.3 Å². The summed E-state index contributed by atoms with van der Waals surface area (Å²) in [6.45, 7) is 5.95. The number of guanidine groups is 1. The average Bonchev–Trinajstić information content (AvgIpc) is 3.57. The number of benzene rings is 1. The van der Waals surface area contributed by atoms with Crippen LogP contribution in [0.15, 0.2) is 29.3 Å². The number of rotatable bonds is 9. The van der Waals surface area contributed by atoms with E-state index in [0.29, 0.717) is 30.6 Å². The summed E-state index contributed by atoms with van der Waals surface area (Å²) in [5.74, 6) is 1.42. The van der Waals surface area contributed by atoms with Gasteiger partial charge in [-0.2, -0.15) is 5.26 Å². The molecule has 0 radical (unpaired) electrons. The van der Waals surface area contributed by atoms with Crippen LogP contribution in [0.4, 0.5) is 5.69 Å². The van der Waals surface area contributed by atoms with Gasteiger partial charge in [0.05, 0.1) is 30.5 Å². The number of ether oxygens (including phenoxy) is 1. The maximum atomic E-state index is 10.1. The molecule has 1 aromatic rings. The second-order valence-electron chi connectivity index (χ2n) is 7.91. The van der Waals surface area contributed by atoms with Crippen LogP contribution in [0.1, 0.15) is 38.2 Å². The predicted octanol–water partition coefficient (Wildman–Crippen LogP) is 1.87. The lowest BCUT2D eigenvalue weighted by Crippen LogP contribution is -2.51. The number of piperidine rings is 1. The predicted molar refractivity (Wildman–Crippen MR) is 115 cm³/mol. The first-order valence-electron chi connectivity index (χ1n) is 10.7. The van der Waals surface area contributed by atoms with Gasteiger partial charge in [0.25, 0.3) is 0 Å². The molecule has 0 spiro atoms. The van der Waals surface area contributed by atoms with Crippen molar-refractivity contribution in [2.24, 2.45) is 10.9 Å². The molecule has 0 amide bonds. The molecule has 3 N–H and O–H groups in total. The summed E-state index contributed by atoms with van der Waals surface area (Å²) >= 11 is 0. The molecular formula is C22H33N5O2. The summed E-state index contributed by atoms with van der Waals surface area (Å²) in [5.41, 5.74) is 1.70. The molecule has 1 saturated heterocycles. The van der Waals surface area contributed by atoms with E-state index in [-0.39, 0.29) is 6.04 Å². The molecule has 0 bridgehead atoms. The second kappa shape index (κ2) is 11.0. The van der Waals surface area contributed by atoms with Gasteiger partial charge in [-0.25, -0.2) is 0 Å². The van der Waals surface area contributed by atoms with Gasteiger partial charge in [-0.15, -0.1) is 0 Å². The lowest BCUT2D eigenvalue weighted by molar-refractivity contribution is 0.0368. The van der Waals surface area contributed by atoms with E-state index in [4.69, 9.17) is 4.74 Å². The molecule has 29 heavy (non-hydrogen) atoms. The highest BCUT2D eigenvalue weighted by atomic mass is 16.5. The van der Waals surface area contributed by atoms with Gasteiger partial charge >= 0.3 is 0 Å². The number of nitriles is 1. The molecule has 1 saturated carbocycles. The molecule has 2 atom stereocenters. The minimum Gasteiger partial charge on any atom is -0.389 e. The summed E-state index contributed by atoms with van der Waals surface area (Å²) in [6, 6.07) is 10.3. The summed E-state index contributed by atoms with van der Waals surface area (Å²) in [5, 5.41) is 26.3. The van der Waals surface area contributed by atoms with E-state index in [0.717, 1.165) is 44.8 Å². The van der Waals surface area contributed by atoms with Gasteiger partial charge in [0.15, 0.2) is 5.96 Å². The first-order chi connectivity index (χ1) is 14.2. The van der Waals surface area contributed by atoms with Crippen molar-refractivity contribution in [1.82, 2.24) is 10.6 Å². The normalized spacial score (nSPS) is 20.8. The van der Waals surface area contributed by atoms with E-state index in [1.807, 2.05) is 31.2 Å². The average molecular weight is 400 g/mol. The molecule has 7 nitrogen and oxygen atoms in total. The Morgan fingerprint density at radius 3 is 2.97 bits per heavy atom. The molecule has 2 aliphatic rings. The number of anilines is 1. The van der Waals surface area contributed by atoms with Crippen LogP contribution in [0.2, 0.25) is 0 Å². The smallest absolute Gasteiger partial charge is 0.191 e. The highest BCUT2D eigenvalue weighted by Gasteiger charge is 2.23. The molecule has 1 aliphatic carbocycles. The SMILES string of the molecule is CCNC(=NCC(O)COCC1CC1)NC1CCCN(c2ccccc2C#N)C1. The van der Waals surface area contributed by atoms with Gasteiger partial charge in [0.2, 0.25) is 0 Å². The van der Waals surface area contributed by atoms with Gasteiger partial charge < -0.3 is 25.4 Å². The van der Waals surface area contributed by atoms with Gasteiger partial charge in [0.1, 0.15) is 6.07 Å². The fourth-order valence-corrected chi connectivity index (χ4v) is 3.58. The second-order valence-corrected chi connectivity index (χ2v) is 7.91. The van der Waals surface area contributed by atoms with Crippen molar-refractivity contribution in [3.05, 3.63) is 29.8 Å². The molecule has 1 heterocycles. The number of nitrogens with one attached hydrogen (secondary N) is 2. The van der Waals surface area contributed by atoms with Crippen LogP contribution in [0.25, 0.3) is 0 Å². The Labute approximate surface area is 173 Å². The van der Waals surface area contributed by atoms with E-state index in [1.165, 1.54) is 12.8 Å². The Hall–Kier alpha value is -2.30. The van der Waals surface area contributed by atoms with Crippen LogP contribution < -0.4 is 15.5 Å². The Bertz CT molecular complexity index is 713. The summed E-state index contributed by atoms with van der Waals surface area (Å²) < 4.78 is 5.55. The number of aliphatic hydroxyl groups excluding tert-OH is 1. The largest absolute Gasteiger partial charge is 0.389 e. The van der Waals surface area contributed by atoms with Gasteiger partial charge in [-0.05, 0) is 50.7 Å². The van der Waals surface area contributed by atoms with Gasteiger partial charge in [-0.3, -0.25) is 4.99 Å². The maximum absolute atomic E-state index is 10.1. The summed E-state index contributed by atoms with van der Waals surface area (Å²) in [6.07, 6.45) is 4.01. The Kier molecular flexibility index (Phi) is 8.14. The van der Waals surface area contributed by atoms with Gasteiger partial charge in [-0.1, -0.05) is 12.1 Å². The van der Waals surface area contributed by atoms with E-state index in [1.54, 1.807) is 0 Å². The van der Waals surface area contributed by atoms with Crippen LogP contribution in [0.5, 0.6) is 0 Å².